The maximum Gasteiger partial charge on any atom is 0.269 e. The highest BCUT2D eigenvalue weighted by molar-refractivity contribution is 5.83. The van der Waals surface area contributed by atoms with Crippen LogP contribution in [0.1, 0.15) is 17.9 Å². The van der Waals surface area contributed by atoms with Crippen molar-refractivity contribution >= 4 is 17.3 Å². The van der Waals surface area contributed by atoms with E-state index in [1.54, 1.807) is 30.3 Å². The summed E-state index contributed by atoms with van der Waals surface area (Å²) in [6.45, 7) is 2.58. The van der Waals surface area contributed by atoms with Gasteiger partial charge in [-0.1, -0.05) is 18.2 Å². The standard InChI is InChI=1S/C20H20FN3O3/c21-19-4-2-1-3-16(19)17-13-18(17)20(25)23-11-9-22(10-12-23)14-5-7-15(8-6-14)24(26)27/h1-8,17-18H,9-13H2. The van der Waals surface area contributed by atoms with E-state index in [4.69, 9.17) is 0 Å². The highest BCUT2D eigenvalue weighted by Crippen LogP contribution is 2.49. The molecule has 2 fully saturated rings. The molecule has 0 radical (unpaired) electrons. The largest absolute Gasteiger partial charge is 0.368 e. The van der Waals surface area contributed by atoms with Crippen LogP contribution < -0.4 is 4.90 Å². The summed E-state index contributed by atoms with van der Waals surface area (Å²) in [4.78, 5) is 27.0. The van der Waals surface area contributed by atoms with Crippen LogP contribution in [0.15, 0.2) is 48.5 Å². The Morgan fingerprint density at radius 1 is 1.04 bits per heavy atom. The molecule has 1 aliphatic heterocycles. The van der Waals surface area contributed by atoms with E-state index in [-0.39, 0.29) is 29.2 Å². The second-order valence-corrected chi connectivity index (χ2v) is 7.06. The van der Waals surface area contributed by atoms with E-state index in [1.165, 1.54) is 18.2 Å². The van der Waals surface area contributed by atoms with Crippen molar-refractivity contribution in [2.24, 2.45) is 5.92 Å². The van der Waals surface area contributed by atoms with Gasteiger partial charge in [-0.2, -0.15) is 0 Å². The van der Waals surface area contributed by atoms with Crippen LogP contribution in [-0.4, -0.2) is 41.9 Å². The molecule has 2 aromatic carbocycles. The molecule has 2 unspecified atom stereocenters. The van der Waals surface area contributed by atoms with Crippen LogP contribution in [0.5, 0.6) is 0 Å². The number of non-ortho nitro benzene ring substituents is 1. The highest BCUT2D eigenvalue weighted by Gasteiger charge is 2.47. The van der Waals surface area contributed by atoms with E-state index in [1.807, 2.05) is 4.90 Å². The maximum atomic E-state index is 13.9. The number of carbonyl (C=O) groups is 1. The average Bonchev–Trinajstić information content (AvgIpc) is 3.48. The van der Waals surface area contributed by atoms with Gasteiger partial charge >= 0.3 is 0 Å². The SMILES string of the molecule is O=C(C1CC1c1ccccc1F)N1CCN(c2ccc([N+](=O)[O-])cc2)CC1. The summed E-state index contributed by atoms with van der Waals surface area (Å²) in [5.74, 6) is -0.258. The number of amides is 1. The summed E-state index contributed by atoms with van der Waals surface area (Å²) >= 11 is 0. The normalized spacial score (nSPS) is 21.8. The van der Waals surface area contributed by atoms with E-state index in [9.17, 15) is 19.3 Å². The van der Waals surface area contributed by atoms with Gasteiger partial charge in [-0.3, -0.25) is 14.9 Å². The quantitative estimate of drug-likeness (QED) is 0.613. The number of benzene rings is 2. The first kappa shape index (κ1) is 17.5. The predicted molar refractivity (Wildman–Crippen MR) is 99.1 cm³/mol. The summed E-state index contributed by atoms with van der Waals surface area (Å²) < 4.78 is 13.9. The molecule has 27 heavy (non-hydrogen) atoms. The first-order valence-electron chi connectivity index (χ1n) is 9.07. The molecule has 0 aromatic heterocycles. The zero-order valence-electron chi connectivity index (χ0n) is 14.8. The van der Waals surface area contributed by atoms with E-state index in [0.717, 1.165) is 5.69 Å². The zero-order valence-corrected chi connectivity index (χ0v) is 14.8. The zero-order chi connectivity index (χ0) is 19.0. The van der Waals surface area contributed by atoms with E-state index in [2.05, 4.69) is 4.90 Å². The topological polar surface area (TPSA) is 66.7 Å². The number of hydrogen-bond donors (Lipinski definition) is 0. The summed E-state index contributed by atoms with van der Waals surface area (Å²) in [5.41, 5.74) is 1.63. The Kier molecular flexibility index (Phi) is 4.51. The number of hydrogen-bond acceptors (Lipinski definition) is 4. The Morgan fingerprint density at radius 3 is 2.33 bits per heavy atom. The van der Waals surface area contributed by atoms with Crippen LogP contribution in [0.4, 0.5) is 15.8 Å². The number of nitro benzene ring substituents is 1. The summed E-state index contributed by atoms with van der Waals surface area (Å²) in [5, 5.41) is 10.8. The number of nitrogens with zero attached hydrogens (tertiary/aromatic N) is 3. The van der Waals surface area contributed by atoms with E-state index < -0.39 is 4.92 Å². The molecule has 0 bridgehead atoms. The Labute approximate surface area is 156 Å². The molecule has 7 heteroatoms. The molecule has 0 spiro atoms. The Morgan fingerprint density at radius 2 is 1.70 bits per heavy atom. The van der Waals surface area contributed by atoms with Crippen molar-refractivity contribution in [1.29, 1.82) is 0 Å². The second-order valence-electron chi connectivity index (χ2n) is 7.06. The van der Waals surface area contributed by atoms with Gasteiger partial charge in [0.1, 0.15) is 5.82 Å². The van der Waals surface area contributed by atoms with Crippen molar-refractivity contribution in [3.8, 4) is 0 Å². The number of rotatable bonds is 4. The van der Waals surface area contributed by atoms with Crippen molar-refractivity contribution < 1.29 is 14.1 Å². The summed E-state index contributed by atoms with van der Waals surface area (Å²) in [7, 11) is 0. The van der Waals surface area contributed by atoms with Gasteiger partial charge < -0.3 is 9.80 Å². The van der Waals surface area contributed by atoms with Crippen LogP contribution in [0, 0.1) is 21.8 Å². The lowest BCUT2D eigenvalue weighted by Crippen LogP contribution is -2.49. The van der Waals surface area contributed by atoms with Crippen molar-refractivity contribution in [2.45, 2.75) is 12.3 Å². The third-order valence-electron chi connectivity index (χ3n) is 5.43. The minimum atomic E-state index is -0.415. The summed E-state index contributed by atoms with van der Waals surface area (Å²) in [6, 6.07) is 13.1. The van der Waals surface area contributed by atoms with Crippen LogP contribution in [0.3, 0.4) is 0 Å². The van der Waals surface area contributed by atoms with Gasteiger partial charge in [-0.05, 0) is 36.1 Å². The smallest absolute Gasteiger partial charge is 0.269 e. The Bertz CT molecular complexity index is 863. The number of anilines is 1. The molecular formula is C20H20FN3O3. The Balaban J connectivity index is 1.34. The van der Waals surface area contributed by atoms with Gasteiger partial charge in [0.25, 0.3) is 5.69 Å². The molecule has 4 rings (SSSR count). The fourth-order valence-corrected chi connectivity index (χ4v) is 3.79. The molecule has 1 amide bonds. The molecule has 1 saturated carbocycles. The molecule has 6 nitrogen and oxygen atoms in total. The highest BCUT2D eigenvalue weighted by atomic mass is 19.1. The first-order chi connectivity index (χ1) is 13.0. The van der Waals surface area contributed by atoms with E-state index >= 15 is 0 Å². The fraction of sp³-hybridized carbons (Fsp3) is 0.350. The van der Waals surface area contributed by atoms with Crippen LogP contribution in [0.25, 0.3) is 0 Å². The van der Waals surface area contributed by atoms with E-state index in [0.29, 0.717) is 38.2 Å². The van der Waals surface area contributed by atoms with Gasteiger partial charge in [0, 0.05) is 49.9 Å². The van der Waals surface area contributed by atoms with Crippen molar-refractivity contribution in [3.63, 3.8) is 0 Å². The summed E-state index contributed by atoms with van der Waals surface area (Å²) in [6.07, 6.45) is 0.711. The van der Waals surface area contributed by atoms with Gasteiger partial charge in [-0.15, -0.1) is 0 Å². The van der Waals surface area contributed by atoms with Crippen LogP contribution >= 0.6 is 0 Å². The minimum absolute atomic E-state index is 0.00796. The molecule has 1 heterocycles. The number of piperazine rings is 1. The monoisotopic (exact) mass is 369 g/mol. The van der Waals surface area contributed by atoms with Crippen LogP contribution in [0.2, 0.25) is 0 Å². The molecule has 1 saturated heterocycles. The molecule has 2 aromatic rings. The third kappa shape index (κ3) is 3.49. The lowest BCUT2D eigenvalue weighted by atomic mass is 10.1. The van der Waals surface area contributed by atoms with Gasteiger partial charge in [0.05, 0.1) is 4.92 Å². The number of carbonyl (C=O) groups excluding carboxylic acids is 1. The predicted octanol–water partition coefficient (Wildman–Crippen LogP) is 3.19. The number of halogens is 1. The van der Waals surface area contributed by atoms with Gasteiger partial charge in [-0.25, -0.2) is 4.39 Å². The van der Waals surface area contributed by atoms with Crippen molar-refractivity contribution in [2.75, 3.05) is 31.1 Å². The fourth-order valence-electron chi connectivity index (χ4n) is 3.79. The minimum Gasteiger partial charge on any atom is -0.368 e. The lowest BCUT2D eigenvalue weighted by molar-refractivity contribution is -0.384. The molecule has 2 aliphatic rings. The van der Waals surface area contributed by atoms with Crippen molar-refractivity contribution in [1.82, 2.24) is 4.90 Å². The molecule has 2 atom stereocenters. The maximum absolute atomic E-state index is 13.9. The molecule has 140 valence electrons. The van der Waals surface area contributed by atoms with Gasteiger partial charge in [0.2, 0.25) is 5.91 Å². The molecule has 0 N–H and O–H groups in total. The Hall–Kier alpha value is -2.96. The molecular weight excluding hydrogens is 349 g/mol. The first-order valence-corrected chi connectivity index (χ1v) is 9.07. The average molecular weight is 369 g/mol. The second kappa shape index (κ2) is 6.98. The molecule has 1 aliphatic carbocycles. The third-order valence-corrected chi connectivity index (χ3v) is 5.43. The lowest BCUT2D eigenvalue weighted by Gasteiger charge is -2.36. The van der Waals surface area contributed by atoms with Crippen molar-refractivity contribution in [3.05, 3.63) is 70.0 Å². The number of nitro groups is 1. The van der Waals surface area contributed by atoms with Crippen LogP contribution in [-0.2, 0) is 4.79 Å². The van der Waals surface area contributed by atoms with Gasteiger partial charge in [0.15, 0.2) is 0 Å².